The van der Waals surface area contributed by atoms with E-state index in [1.54, 1.807) is 7.11 Å². The Morgan fingerprint density at radius 3 is 2.14 bits per heavy atom. The lowest BCUT2D eigenvalue weighted by Gasteiger charge is -2.12. The quantitative estimate of drug-likeness (QED) is 0.403. The molecule has 0 bridgehead atoms. The van der Waals surface area contributed by atoms with E-state index < -0.39 is 0 Å². The van der Waals surface area contributed by atoms with E-state index in [2.05, 4.69) is 62.4 Å². The molecule has 0 fully saturated rings. The summed E-state index contributed by atoms with van der Waals surface area (Å²) in [7, 11) is 1.71. The minimum absolute atomic E-state index is 0.903. The van der Waals surface area contributed by atoms with E-state index in [4.69, 9.17) is 4.74 Å². The topological polar surface area (TPSA) is 9.23 Å². The number of fused-ring (bicyclic) bond motifs is 5. The maximum atomic E-state index is 5.36. The molecule has 0 saturated carbocycles. The highest BCUT2D eigenvalue weighted by Crippen LogP contribution is 2.36. The van der Waals surface area contributed by atoms with Crippen molar-refractivity contribution in [2.45, 2.75) is 13.8 Å². The van der Waals surface area contributed by atoms with Crippen molar-refractivity contribution in [3.05, 3.63) is 65.7 Å². The minimum atomic E-state index is 0.903. The average Bonchev–Trinajstić information content (AvgIpc) is 2.56. The lowest BCUT2D eigenvalue weighted by molar-refractivity contribution is 0.415. The van der Waals surface area contributed by atoms with Crippen LogP contribution in [0.4, 0.5) is 0 Å². The lowest BCUT2D eigenvalue weighted by atomic mass is 9.92. The molecule has 1 heteroatoms. The molecule has 4 aromatic carbocycles. The Labute approximate surface area is 130 Å². The molecular weight excluding hydrogens is 268 g/mol. The van der Waals surface area contributed by atoms with Crippen molar-refractivity contribution in [2.24, 2.45) is 0 Å². The number of hydrogen-bond donors (Lipinski definition) is 0. The fraction of sp³-hybridized carbons (Fsp3) is 0.143. The number of benzene rings is 4. The molecule has 4 rings (SSSR count). The molecule has 0 aliphatic rings. The van der Waals surface area contributed by atoms with Crippen LogP contribution in [-0.2, 0) is 0 Å². The van der Waals surface area contributed by atoms with Crippen LogP contribution in [0.1, 0.15) is 11.1 Å². The summed E-state index contributed by atoms with van der Waals surface area (Å²) in [6.07, 6.45) is 0. The van der Waals surface area contributed by atoms with Crippen LogP contribution < -0.4 is 4.74 Å². The summed E-state index contributed by atoms with van der Waals surface area (Å²) in [5.74, 6) is 0.903. The van der Waals surface area contributed by atoms with Gasteiger partial charge in [-0.15, -0.1) is 0 Å². The van der Waals surface area contributed by atoms with Gasteiger partial charge in [0, 0.05) is 0 Å². The summed E-state index contributed by atoms with van der Waals surface area (Å²) >= 11 is 0. The van der Waals surface area contributed by atoms with E-state index in [9.17, 15) is 0 Å². The molecule has 22 heavy (non-hydrogen) atoms. The van der Waals surface area contributed by atoms with Crippen molar-refractivity contribution in [3.8, 4) is 5.75 Å². The predicted molar refractivity (Wildman–Crippen MR) is 95.0 cm³/mol. The van der Waals surface area contributed by atoms with E-state index in [0.29, 0.717) is 0 Å². The molecule has 0 aliphatic carbocycles. The van der Waals surface area contributed by atoms with Gasteiger partial charge >= 0.3 is 0 Å². The zero-order valence-corrected chi connectivity index (χ0v) is 13.1. The number of aryl methyl sites for hydroxylation is 2. The first-order valence-electron chi connectivity index (χ1n) is 7.58. The maximum absolute atomic E-state index is 5.36. The zero-order chi connectivity index (χ0) is 15.3. The first-order valence-corrected chi connectivity index (χ1v) is 7.58. The molecule has 0 amide bonds. The molecule has 4 aromatic rings. The van der Waals surface area contributed by atoms with Crippen LogP contribution in [0.3, 0.4) is 0 Å². The molecule has 0 radical (unpaired) electrons. The van der Waals surface area contributed by atoms with Gasteiger partial charge in [-0.2, -0.15) is 0 Å². The molecule has 0 aliphatic heterocycles. The predicted octanol–water partition coefficient (Wildman–Crippen LogP) is 5.77. The van der Waals surface area contributed by atoms with Crippen LogP contribution in [0, 0.1) is 13.8 Å². The summed E-state index contributed by atoms with van der Waals surface area (Å²) in [4.78, 5) is 0. The molecule has 0 spiro atoms. The molecule has 0 saturated heterocycles. The monoisotopic (exact) mass is 286 g/mol. The third kappa shape index (κ3) is 1.79. The Kier molecular flexibility index (Phi) is 2.83. The van der Waals surface area contributed by atoms with Crippen molar-refractivity contribution in [1.29, 1.82) is 0 Å². The van der Waals surface area contributed by atoms with Crippen molar-refractivity contribution < 1.29 is 4.74 Å². The van der Waals surface area contributed by atoms with Crippen molar-refractivity contribution in [3.63, 3.8) is 0 Å². The van der Waals surface area contributed by atoms with Gasteiger partial charge < -0.3 is 4.74 Å². The average molecular weight is 286 g/mol. The normalized spacial score (nSPS) is 11.4. The van der Waals surface area contributed by atoms with Gasteiger partial charge in [0.05, 0.1) is 7.11 Å². The largest absolute Gasteiger partial charge is 0.497 e. The lowest BCUT2D eigenvalue weighted by Crippen LogP contribution is -1.88. The first kappa shape index (κ1) is 13.1. The van der Waals surface area contributed by atoms with Gasteiger partial charge in [0.15, 0.2) is 0 Å². The van der Waals surface area contributed by atoms with Crippen LogP contribution >= 0.6 is 0 Å². The molecule has 1 nitrogen and oxygen atoms in total. The second kappa shape index (κ2) is 4.74. The Hall–Kier alpha value is -2.54. The van der Waals surface area contributed by atoms with Gasteiger partial charge in [0.2, 0.25) is 0 Å². The van der Waals surface area contributed by atoms with E-state index in [1.165, 1.54) is 43.4 Å². The smallest absolute Gasteiger partial charge is 0.119 e. The molecule has 108 valence electrons. The Morgan fingerprint density at radius 2 is 1.32 bits per heavy atom. The van der Waals surface area contributed by atoms with Gasteiger partial charge in [-0.3, -0.25) is 0 Å². The third-order valence-electron chi connectivity index (χ3n) is 4.61. The molecule has 0 N–H and O–H groups in total. The zero-order valence-electron chi connectivity index (χ0n) is 13.1. The van der Waals surface area contributed by atoms with Gasteiger partial charge in [-0.05, 0) is 69.4 Å². The second-order valence-electron chi connectivity index (χ2n) is 5.94. The van der Waals surface area contributed by atoms with E-state index in [0.717, 1.165) is 5.75 Å². The fourth-order valence-corrected chi connectivity index (χ4v) is 3.42. The van der Waals surface area contributed by atoms with Crippen molar-refractivity contribution in [1.82, 2.24) is 0 Å². The molecule has 0 aromatic heterocycles. The first-order chi connectivity index (χ1) is 10.7. The summed E-state index contributed by atoms with van der Waals surface area (Å²) in [6, 6.07) is 19.6. The van der Waals surface area contributed by atoms with Gasteiger partial charge in [-0.25, -0.2) is 0 Å². The van der Waals surface area contributed by atoms with Gasteiger partial charge in [0.25, 0.3) is 0 Å². The van der Waals surface area contributed by atoms with E-state index >= 15 is 0 Å². The highest BCUT2D eigenvalue weighted by Gasteiger charge is 2.09. The molecule has 0 unspecified atom stereocenters. The van der Waals surface area contributed by atoms with Crippen LogP contribution in [-0.4, -0.2) is 7.11 Å². The van der Waals surface area contributed by atoms with Crippen LogP contribution in [0.5, 0.6) is 5.75 Å². The van der Waals surface area contributed by atoms with Crippen molar-refractivity contribution in [2.75, 3.05) is 7.11 Å². The van der Waals surface area contributed by atoms with Gasteiger partial charge in [-0.1, -0.05) is 42.5 Å². The standard InChI is InChI=1S/C21H18O/c1-13-4-5-14(2)20-18(13)10-8-15-6-7-16-12-17(22-3)9-11-19(16)21(15)20/h4-12H,1-3H3. The highest BCUT2D eigenvalue weighted by molar-refractivity contribution is 6.21. The van der Waals surface area contributed by atoms with Crippen LogP contribution in [0.2, 0.25) is 0 Å². The Morgan fingerprint density at radius 1 is 0.636 bits per heavy atom. The number of rotatable bonds is 1. The summed E-state index contributed by atoms with van der Waals surface area (Å²) in [5.41, 5.74) is 2.66. The number of ether oxygens (including phenoxy) is 1. The third-order valence-corrected chi connectivity index (χ3v) is 4.61. The Balaban J connectivity index is 2.28. The second-order valence-corrected chi connectivity index (χ2v) is 5.94. The summed E-state index contributed by atoms with van der Waals surface area (Å²) < 4.78 is 5.36. The van der Waals surface area contributed by atoms with Crippen LogP contribution in [0.15, 0.2) is 54.6 Å². The fourth-order valence-electron chi connectivity index (χ4n) is 3.42. The summed E-state index contributed by atoms with van der Waals surface area (Å²) in [6.45, 7) is 4.38. The SMILES string of the molecule is COc1ccc2c(ccc3ccc4c(C)ccc(C)c4c32)c1. The Bertz CT molecular complexity index is 1030. The molecule has 0 heterocycles. The molecular formula is C21H18O. The van der Waals surface area contributed by atoms with Crippen LogP contribution in [0.25, 0.3) is 32.3 Å². The number of hydrogen-bond acceptors (Lipinski definition) is 1. The summed E-state index contributed by atoms with van der Waals surface area (Å²) in [5, 5.41) is 7.86. The molecule has 0 atom stereocenters. The maximum Gasteiger partial charge on any atom is 0.119 e. The number of methoxy groups -OCH3 is 1. The van der Waals surface area contributed by atoms with E-state index in [1.807, 2.05) is 6.07 Å². The van der Waals surface area contributed by atoms with Crippen molar-refractivity contribution >= 4 is 32.3 Å². The van der Waals surface area contributed by atoms with E-state index in [-0.39, 0.29) is 0 Å². The minimum Gasteiger partial charge on any atom is -0.497 e. The highest BCUT2D eigenvalue weighted by atomic mass is 16.5. The van der Waals surface area contributed by atoms with Gasteiger partial charge in [0.1, 0.15) is 5.75 Å².